The van der Waals surface area contributed by atoms with E-state index < -0.39 is 0 Å². The Bertz CT molecular complexity index is 3240. The highest BCUT2D eigenvalue weighted by Gasteiger charge is 2.22. The number of aromatic nitrogens is 1. The molecule has 0 aliphatic carbocycles. The average molecular weight is 713 g/mol. The molecule has 0 bridgehead atoms. The van der Waals surface area contributed by atoms with Gasteiger partial charge in [0.1, 0.15) is 0 Å². The summed E-state index contributed by atoms with van der Waals surface area (Å²) in [5.74, 6) is 0. The summed E-state index contributed by atoms with van der Waals surface area (Å²) in [5.41, 5.74) is 11.8. The molecule has 0 saturated heterocycles. The van der Waals surface area contributed by atoms with Crippen LogP contribution in [0.1, 0.15) is 0 Å². The van der Waals surface area contributed by atoms with E-state index in [1.54, 1.807) is 0 Å². The number of anilines is 3. The van der Waals surface area contributed by atoms with Crippen LogP contribution < -0.4 is 4.90 Å². The van der Waals surface area contributed by atoms with Crippen molar-refractivity contribution in [3.05, 3.63) is 218 Å². The van der Waals surface area contributed by atoms with Crippen molar-refractivity contribution in [2.45, 2.75) is 0 Å². The topological polar surface area (TPSA) is 8.17 Å². The summed E-state index contributed by atoms with van der Waals surface area (Å²) in [7, 11) is 0. The molecule has 2 heteroatoms. The van der Waals surface area contributed by atoms with Gasteiger partial charge in [-0.15, -0.1) is 0 Å². The second kappa shape index (κ2) is 13.2. The van der Waals surface area contributed by atoms with Crippen LogP contribution in [0.5, 0.6) is 0 Å². The predicted octanol–water partition coefficient (Wildman–Crippen LogP) is 15.0. The first kappa shape index (κ1) is 32.0. The summed E-state index contributed by atoms with van der Waals surface area (Å²) in [5, 5.41) is 9.75. The molecule has 0 spiro atoms. The molecular weight excluding hydrogens is 677 g/mol. The number of hydrogen-bond acceptors (Lipinski definition) is 1. The van der Waals surface area contributed by atoms with Crippen LogP contribution in [-0.2, 0) is 0 Å². The van der Waals surface area contributed by atoms with Crippen molar-refractivity contribution in [3.63, 3.8) is 0 Å². The van der Waals surface area contributed by atoms with E-state index in [-0.39, 0.29) is 0 Å². The molecule has 0 amide bonds. The van der Waals surface area contributed by atoms with Crippen LogP contribution in [0.3, 0.4) is 0 Å². The lowest BCUT2D eigenvalue weighted by Gasteiger charge is -2.28. The summed E-state index contributed by atoms with van der Waals surface area (Å²) in [6, 6.07) is 79.6. The van der Waals surface area contributed by atoms with E-state index in [0.717, 1.165) is 22.7 Å². The molecule has 262 valence electrons. The van der Waals surface area contributed by atoms with Crippen molar-refractivity contribution < 1.29 is 0 Å². The van der Waals surface area contributed by atoms with E-state index in [2.05, 4.69) is 228 Å². The second-order valence-corrected chi connectivity index (χ2v) is 14.6. The Kier molecular flexibility index (Phi) is 7.53. The molecule has 1 heterocycles. The Balaban J connectivity index is 1.11. The van der Waals surface area contributed by atoms with Crippen LogP contribution in [-0.4, -0.2) is 4.57 Å². The Morgan fingerprint density at radius 1 is 0.304 bits per heavy atom. The van der Waals surface area contributed by atoms with Crippen LogP contribution in [0.2, 0.25) is 0 Å². The van der Waals surface area contributed by atoms with Gasteiger partial charge in [0.25, 0.3) is 0 Å². The van der Waals surface area contributed by atoms with Crippen LogP contribution in [0.15, 0.2) is 218 Å². The van der Waals surface area contributed by atoms with Crippen molar-refractivity contribution in [2.75, 3.05) is 4.90 Å². The predicted molar refractivity (Wildman–Crippen MR) is 239 cm³/mol. The normalized spacial score (nSPS) is 11.6. The maximum absolute atomic E-state index is 2.47. The third-order valence-electron chi connectivity index (χ3n) is 11.3. The molecule has 0 saturated carbocycles. The summed E-state index contributed by atoms with van der Waals surface area (Å²) < 4.78 is 2.40. The fourth-order valence-corrected chi connectivity index (χ4v) is 8.64. The standard InChI is InChI=1S/C54H36N2/c1-3-13-37(14-4-1)41-28-25-38-26-29-42(34-44(38)33-41)43-30-27-39-31-32-47(36-45(39)35-43)56(50-22-11-16-40-15-7-8-19-48(40)50)53-24-12-23-52-54(53)49-20-9-10-21-51(49)55(52)46-17-5-2-6-18-46/h1-36H. The van der Waals surface area contributed by atoms with Crippen molar-refractivity contribution >= 4 is 71.2 Å². The Morgan fingerprint density at radius 3 is 1.59 bits per heavy atom. The summed E-state index contributed by atoms with van der Waals surface area (Å²) >= 11 is 0. The van der Waals surface area contributed by atoms with Gasteiger partial charge in [-0.1, -0.05) is 152 Å². The lowest BCUT2D eigenvalue weighted by molar-refractivity contribution is 1.18. The molecule has 56 heavy (non-hydrogen) atoms. The summed E-state index contributed by atoms with van der Waals surface area (Å²) in [6.45, 7) is 0. The zero-order valence-corrected chi connectivity index (χ0v) is 30.7. The van der Waals surface area contributed by atoms with Gasteiger partial charge in [-0.2, -0.15) is 0 Å². The van der Waals surface area contributed by atoms with E-state index >= 15 is 0 Å². The SMILES string of the molecule is c1ccc(-c2ccc3ccc(-c4ccc5ccc(N(c6cccc7ccccc67)c6cccc7c6c6ccccc6n7-c6ccccc6)cc5c4)cc3c2)cc1. The first-order valence-corrected chi connectivity index (χ1v) is 19.3. The number of rotatable bonds is 6. The highest BCUT2D eigenvalue weighted by Crippen LogP contribution is 2.46. The quantitative estimate of drug-likeness (QED) is 0.167. The van der Waals surface area contributed by atoms with E-state index in [0.29, 0.717) is 0 Å². The van der Waals surface area contributed by atoms with Crippen LogP contribution in [0.4, 0.5) is 17.1 Å². The second-order valence-electron chi connectivity index (χ2n) is 14.6. The van der Waals surface area contributed by atoms with E-state index in [9.17, 15) is 0 Å². The monoisotopic (exact) mass is 712 g/mol. The molecule has 0 unspecified atom stereocenters. The minimum absolute atomic E-state index is 1.11. The molecule has 11 rings (SSSR count). The first-order valence-electron chi connectivity index (χ1n) is 19.3. The molecule has 0 aliphatic heterocycles. The summed E-state index contributed by atoms with van der Waals surface area (Å²) in [6.07, 6.45) is 0. The number of nitrogens with zero attached hydrogens (tertiary/aromatic N) is 2. The third-order valence-corrected chi connectivity index (χ3v) is 11.3. The maximum Gasteiger partial charge on any atom is 0.0562 e. The van der Waals surface area contributed by atoms with Gasteiger partial charge in [0.15, 0.2) is 0 Å². The van der Waals surface area contributed by atoms with Crippen molar-refractivity contribution in [1.82, 2.24) is 4.57 Å². The Labute approximate surface area is 325 Å². The molecular formula is C54H36N2. The van der Waals surface area contributed by atoms with Crippen LogP contribution in [0, 0.1) is 0 Å². The number of benzene rings is 10. The minimum atomic E-state index is 1.11. The third kappa shape index (κ3) is 5.34. The molecule has 0 atom stereocenters. The fourth-order valence-electron chi connectivity index (χ4n) is 8.64. The average Bonchev–Trinajstić information content (AvgIpc) is 3.61. The first-order chi connectivity index (χ1) is 27.8. The largest absolute Gasteiger partial charge is 0.309 e. The number of para-hydroxylation sites is 2. The van der Waals surface area contributed by atoms with Gasteiger partial charge < -0.3 is 9.47 Å². The maximum atomic E-state index is 2.47. The van der Waals surface area contributed by atoms with Gasteiger partial charge >= 0.3 is 0 Å². The van der Waals surface area contributed by atoms with E-state index in [1.807, 2.05) is 0 Å². The highest BCUT2D eigenvalue weighted by atomic mass is 15.1. The van der Waals surface area contributed by atoms with Gasteiger partial charge in [-0.3, -0.25) is 0 Å². The Morgan fingerprint density at radius 2 is 0.839 bits per heavy atom. The van der Waals surface area contributed by atoms with Crippen molar-refractivity contribution in [1.29, 1.82) is 0 Å². The molecule has 0 aliphatic rings. The minimum Gasteiger partial charge on any atom is -0.309 e. The van der Waals surface area contributed by atoms with Crippen molar-refractivity contribution in [2.24, 2.45) is 0 Å². The highest BCUT2D eigenvalue weighted by molar-refractivity contribution is 6.17. The van der Waals surface area contributed by atoms with Crippen LogP contribution in [0.25, 0.3) is 82.1 Å². The van der Waals surface area contributed by atoms with Crippen molar-refractivity contribution in [3.8, 4) is 27.9 Å². The van der Waals surface area contributed by atoms with E-state index in [1.165, 1.54) is 76.4 Å². The number of fused-ring (bicyclic) bond motifs is 6. The van der Waals surface area contributed by atoms with Gasteiger partial charge in [0, 0.05) is 27.5 Å². The Hall–Kier alpha value is -7.42. The lowest BCUT2D eigenvalue weighted by Crippen LogP contribution is -2.11. The summed E-state index contributed by atoms with van der Waals surface area (Å²) in [4.78, 5) is 2.47. The molecule has 0 fully saturated rings. The fraction of sp³-hybridized carbons (Fsp3) is 0. The van der Waals surface area contributed by atoms with E-state index in [4.69, 9.17) is 0 Å². The number of hydrogen-bond donors (Lipinski definition) is 0. The molecule has 0 N–H and O–H groups in total. The zero-order chi connectivity index (χ0) is 37.0. The van der Waals surface area contributed by atoms with Gasteiger partial charge in [-0.25, -0.2) is 0 Å². The molecule has 1 aromatic heterocycles. The smallest absolute Gasteiger partial charge is 0.0562 e. The van der Waals surface area contributed by atoms with Gasteiger partial charge in [-0.05, 0) is 116 Å². The molecule has 10 aromatic carbocycles. The zero-order valence-electron chi connectivity index (χ0n) is 30.7. The molecule has 0 radical (unpaired) electrons. The van der Waals surface area contributed by atoms with Gasteiger partial charge in [0.2, 0.25) is 0 Å². The van der Waals surface area contributed by atoms with Gasteiger partial charge in [0.05, 0.1) is 22.4 Å². The van der Waals surface area contributed by atoms with Crippen LogP contribution >= 0.6 is 0 Å². The molecule has 2 nitrogen and oxygen atoms in total. The molecule has 11 aromatic rings. The lowest BCUT2D eigenvalue weighted by atomic mass is 9.96.